The molecule has 1 aromatic rings. The van der Waals surface area contributed by atoms with Crippen molar-refractivity contribution in [2.75, 3.05) is 33.2 Å². The average Bonchev–Trinajstić information content (AvgIpc) is 2.39. The molecule has 5 heteroatoms. The highest BCUT2D eigenvalue weighted by molar-refractivity contribution is 6.33. The first-order chi connectivity index (χ1) is 8.63. The summed E-state index contributed by atoms with van der Waals surface area (Å²) >= 11 is 6.05. The minimum atomic E-state index is -0.00727. The normalized spacial score (nSPS) is 21.1. The van der Waals surface area contributed by atoms with Crippen LogP contribution in [0.25, 0.3) is 0 Å². The van der Waals surface area contributed by atoms with Crippen LogP contribution in [0.2, 0.25) is 5.02 Å². The predicted molar refractivity (Wildman–Crippen MR) is 72.8 cm³/mol. The molecule has 0 spiro atoms. The molecule has 98 valence electrons. The molecule has 1 aromatic carbocycles. The number of rotatable bonds is 2. The molecule has 1 saturated heterocycles. The molecule has 2 rings (SSSR count). The predicted octanol–water partition coefficient (Wildman–Crippen LogP) is 1.05. The van der Waals surface area contributed by atoms with E-state index in [1.165, 1.54) is 0 Å². The number of nitrogens with two attached hydrogens (primary N) is 1. The van der Waals surface area contributed by atoms with Gasteiger partial charge in [0.05, 0.1) is 10.6 Å². The Kier molecular flexibility index (Phi) is 4.22. The van der Waals surface area contributed by atoms with Gasteiger partial charge in [0.25, 0.3) is 5.91 Å². The lowest BCUT2D eigenvalue weighted by molar-refractivity contribution is 0.0560. The van der Waals surface area contributed by atoms with E-state index in [4.69, 9.17) is 17.3 Å². The van der Waals surface area contributed by atoms with E-state index in [0.29, 0.717) is 23.7 Å². The highest BCUT2D eigenvalue weighted by atomic mass is 35.5. The average molecular weight is 268 g/mol. The van der Waals surface area contributed by atoms with Crippen LogP contribution in [0.4, 0.5) is 0 Å². The number of hydrogen-bond donors (Lipinski definition) is 1. The summed E-state index contributed by atoms with van der Waals surface area (Å²) in [5.74, 6) is -0.00727. The van der Waals surface area contributed by atoms with Crippen molar-refractivity contribution in [1.82, 2.24) is 9.80 Å². The van der Waals surface area contributed by atoms with Crippen LogP contribution in [0.5, 0.6) is 0 Å². The SMILES string of the molecule is CN1CCN(C(=O)c2ccccc2Cl)CC1CN. The second-order valence-corrected chi connectivity index (χ2v) is 5.01. The molecule has 1 atom stereocenters. The van der Waals surface area contributed by atoms with Crippen LogP contribution in [0.3, 0.4) is 0 Å². The zero-order valence-electron chi connectivity index (χ0n) is 10.5. The Morgan fingerprint density at radius 1 is 1.44 bits per heavy atom. The Labute approximate surface area is 112 Å². The number of amides is 1. The summed E-state index contributed by atoms with van der Waals surface area (Å²) in [4.78, 5) is 16.4. The Morgan fingerprint density at radius 2 is 2.17 bits per heavy atom. The Balaban J connectivity index is 2.13. The van der Waals surface area contributed by atoms with E-state index in [1.54, 1.807) is 12.1 Å². The van der Waals surface area contributed by atoms with E-state index >= 15 is 0 Å². The van der Waals surface area contributed by atoms with Crippen molar-refractivity contribution in [3.8, 4) is 0 Å². The second-order valence-electron chi connectivity index (χ2n) is 4.60. The Hall–Kier alpha value is -1.10. The molecule has 0 aliphatic carbocycles. The van der Waals surface area contributed by atoms with Gasteiger partial charge in [-0.25, -0.2) is 0 Å². The lowest BCUT2D eigenvalue weighted by atomic mass is 10.1. The smallest absolute Gasteiger partial charge is 0.255 e. The Bertz CT molecular complexity index is 438. The number of hydrogen-bond acceptors (Lipinski definition) is 3. The number of carbonyl (C=O) groups excluding carboxylic acids is 1. The fourth-order valence-electron chi connectivity index (χ4n) is 2.19. The number of likely N-dealkylation sites (N-methyl/N-ethyl adjacent to an activating group) is 1. The summed E-state index contributed by atoms with van der Waals surface area (Å²) in [5, 5.41) is 0.505. The Morgan fingerprint density at radius 3 is 2.83 bits per heavy atom. The van der Waals surface area contributed by atoms with Crippen molar-refractivity contribution < 1.29 is 4.79 Å². The van der Waals surface area contributed by atoms with Gasteiger partial charge in [-0.1, -0.05) is 23.7 Å². The van der Waals surface area contributed by atoms with Gasteiger partial charge in [0.1, 0.15) is 0 Å². The van der Waals surface area contributed by atoms with E-state index in [-0.39, 0.29) is 11.9 Å². The van der Waals surface area contributed by atoms with Gasteiger partial charge in [0.2, 0.25) is 0 Å². The molecule has 2 N–H and O–H groups in total. The maximum atomic E-state index is 12.4. The van der Waals surface area contributed by atoms with E-state index in [1.807, 2.05) is 24.1 Å². The maximum absolute atomic E-state index is 12.4. The van der Waals surface area contributed by atoms with E-state index in [0.717, 1.165) is 13.1 Å². The molecule has 0 bridgehead atoms. The van der Waals surface area contributed by atoms with Crippen LogP contribution in [-0.2, 0) is 0 Å². The number of benzene rings is 1. The highest BCUT2D eigenvalue weighted by Gasteiger charge is 2.27. The lowest BCUT2D eigenvalue weighted by Gasteiger charge is -2.39. The fraction of sp³-hybridized carbons (Fsp3) is 0.462. The highest BCUT2D eigenvalue weighted by Crippen LogP contribution is 2.18. The first-order valence-corrected chi connectivity index (χ1v) is 6.45. The summed E-state index contributed by atoms with van der Waals surface area (Å²) in [7, 11) is 2.04. The molecule has 1 aliphatic rings. The van der Waals surface area contributed by atoms with Gasteiger partial charge in [-0.15, -0.1) is 0 Å². The topological polar surface area (TPSA) is 49.6 Å². The molecule has 1 unspecified atom stereocenters. The van der Waals surface area contributed by atoms with Crippen LogP contribution in [0, 0.1) is 0 Å². The van der Waals surface area contributed by atoms with Crippen LogP contribution in [-0.4, -0.2) is 55.0 Å². The first kappa shape index (κ1) is 13.3. The summed E-state index contributed by atoms with van der Waals surface area (Å²) in [5.41, 5.74) is 6.29. The molecule has 0 radical (unpaired) electrons. The zero-order chi connectivity index (χ0) is 13.1. The minimum Gasteiger partial charge on any atom is -0.336 e. The van der Waals surface area contributed by atoms with Crippen molar-refractivity contribution in [1.29, 1.82) is 0 Å². The number of nitrogens with zero attached hydrogens (tertiary/aromatic N) is 2. The van der Waals surface area contributed by atoms with Gasteiger partial charge in [-0.2, -0.15) is 0 Å². The molecular formula is C13H18ClN3O. The van der Waals surface area contributed by atoms with Crippen molar-refractivity contribution in [3.05, 3.63) is 34.9 Å². The summed E-state index contributed by atoms with van der Waals surface area (Å²) in [6.45, 7) is 2.79. The molecule has 1 aliphatic heterocycles. The molecule has 0 aromatic heterocycles. The van der Waals surface area contributed by atoms with Crippen LogP contribution in [0.1, 0.15) is 10.4 Å². The van der Waals surface area contributed by atoms with E-state index < -0.39 is 0 Å². The van der Waals surface area contributed by atoms with Crippen molar-refractivity contribution >= 4 is 17.5 Å². The lowest BCUT2D eigenvalue weighted by Crippen LogP contribution is -2.55. The van der Waals surface area contributed by atoms with Gasteiger partial charge in [0, 0.05) is 32.2 Å². The van der Waals surface area contributed by atoms with Crippen molar-refractivity contribution in [2.24, 2.45) is 5.73 Å². The fourth-order valence-corrected chi connectivity index (χ4v) is 2.41. The third-order valence-corrected chi connectivity index (χ3v) is 3.77. The largest absolute Gasteiger partial charge is 0.336 e. The van der Waals surface area contributed by atoms with Gasteiger partial charge in [-0.05, 0) is 19.2 Å². The van der Waals surface area contributed by atoms with E-state index in [9.17, 15) is 4.79 Å². The van der Waals surface area contributed by atoms with Gasteiger partial charge in [-0.3, -0.25) is 9.69 Å². The van der Waals surface area contributed by atoms with Crippen molar-refractivity contribution in [2.45, 2.75) is 6.04 Å². The summed E-state index contributed by atoms with van der Waals surface area (Å²) in [6.07, 6.45) is 0. The first-order valence-electron chi connectivity index (χ1n) is 6.07. The quantitative estimate of drug-likeness (QED) is 0.872. The third kappa shape index (κ3) is 2.66. The number of piperazine rings is 1. The third-order valence-electron chi connectivity index (χ3n) is 3.44. The number of halogens is 1. The zero-order valence-corrected chi connectivity index (χ0v) is 11.2. The summed E-state index contributed by atoms with van der Waals surface area (Å²) in [6, 6.07) is 7.39. The standard InChI is InChI=1S/C13H18ClN3O/c1-16-6-7-17(9-10(16)8-15)13(18)11-4-2-3-5-12(11)14/h2-5,10H,6-9,15H2,1H3. The molecule has 0 saturated carbocycles. The minimum absolute atomic E-state index is 0.00727. The molecule has 4 nitrogen and oxygen atoms in total. The van der Waals surface area contributed by atoms with Gasteiger partial charge < -0.3 is 10.6 Å². The summed E-state index contributed by atoms with van der Waals surface area (Å²) < 4.78 is 0. The monoisotopic (exact) mass is 267 g/mol. The van der Waals surface area contributed by atoms with Crippen LogP contribution in [0.15, 0.2) is 24.3 Å². The number of carbonyl (C=O) groups is 1. The second kappa shape index (κ2) is 5.69. The molecule has 1 amide bonds. The van der Waals surface area contributed by atoms with Crippen molar-refractivity contribution in [3.63, 3.8) is 0 Å². The molecular weight excluding hydrogens is 250 g/mol. The maximum Gasteiger partial charge on any atom is 0.255 e. The van der Waals surface area contributed by atoms with Crippen LogP contribution >= 0.6 is 11.6 Å². The van der Waals surface area contributed by atoms with Gasteiger partial charge >= 0.3 is 0 Å². The molecule has 1 fully saturated rings. The molecule has 1 heterocycles. The van der Waals surface area contributed by atoms with Crippen LogP contribution < -0.4 is 5.73 Å². The molecule has 18 heavy (non-hydrogen) atoms. The van der Waals surface area contributed by atoms with E-state index in [2.05, 4.69) is 4.90 Å². The van der Waals surface area contributed by atoms with Gasteiger partial charge in [0.15, 0.2) is 0 Å².